The number of hydrogen-bond acceptors (Lipinski definition) is 2. The van der Waals surface area contributed by atoms with Gasteiger partial charge in [-0.05, 0) is 37.0 Å². The van der Waals surface area contributed by atoms with E-state index in [-0.39, 0.29) is 36.4 Å². The summed E-state index contributed by atoms with van der Waals surface area (Å²) in [7, 11) is 1.70. The third kappa shape index (κ3) is 8.76. The highest BCUT2D eigenvalue weighted by molar-refractivity contribution is 14.0. The quantitative estimate of drug-likeness (QED) is 0.334. The Morgan fingerprint density at radius 3 is 2.68 bits per heavy atom. The van der Waals surface area contributed by atoms with E-state index < -0.39 is 0 Å². The molecule has 0 spiro atoms. The van der Waals surface area contributed by atoms with E-state index in [1.807, 2.05) is 24.3 Å². The van der Waals surface area contributed by atoms with Crippen LogP contribution in [0.5, 0.6) is 0 Å². The number of benzene rings is 1. The molecule has 0 atom stereocenters. The smallest absolute Gasteiger partial charge is 0.239 e. The molecular formula is C18H28ClIN4O. The van der Waals surface area contributed by atoms with Crippen molar-refractivity contribution in [2.24, 2.45) is 4.99 Å². The molecule has 0 unspecified atom stereocenters. The Bertz CT molecular complexity index is 562. The second-order valence-electron chi connectivity index (χ2n) is 6.13. The summed E-state index contributed by atoms with van der Waals surface area (Å²) < 4.78 is 0. The van der Waals surface area contributed by atoms with Crippen molar-refractivity contribution >= 4 is 47.4 Å². The summed E-state index contributed by atoms with van der Waals surface area (Å²) in [6.45, 7) is 0.970. The van der Waals surface area contributed by atoms with Gasteiger partial charge >= 0.3 is 0 Å². The lowest BCUT2D eigenvalue weighted by molar-refractivity contribution is -0.120. The zero-order valence-electron chi connectivity index (χ0n) is 14.7. The Hall–Kier alpha value is -1.02. The van der Waals surface area contributed by atoms with Crippen molar-refractivity contribution in [1.29, 1.82) is 0 Å². The van der Waals surface area contributed by atoms with Crippen LogP contribution in [0.2, 0.25) is 5.02 Å². The van der Waals surface area contributed by atoms with E-state index in [2.05, 4.69) is 20.9 Å². The lowest BCUT2D eigenvalue weighted by Crippen LogP contribution is -2.46. The van der Waals surface area contributed by atoms with Gasteiger partial charge in [0.05, 0.1) is 6.54 Å². The predicted octanol–water partition coefficient (Wildman–Crippen LogP) is 3.11. The molecule has 1 aromatic rings. The average Bonchev–Trinajstić information content (AvgIpc) is 2.59. The number of carbonyl (C=O) groups excluding carboxylic acids is 1. The number of amides is 1. The maximum Gasteiger partial charge on any atom is 0.239 e. The van der Waals surface area contributed by atoms with Gasteiger partial charge in [0, 0.05) is 24.7 Å². The minimum absolute atomic E-state index is 0. The maximum absolute atomic E-state index is 12.0. The van der Waals surface area contributed by atoms with Crippen LogP contribution >= 0.6 is 35.6 Å². The van der Waals surface area contributed by atoms with Gasteiger partial charge in [-0.15, -0.1) is 24.0 Å². The van der Waals surface area contributed by atoms with Crippen molar-refractivity contribution in [3.8, 4) is 0 Å². The van der Waals surface area contributed by atoms with Gasteiger partial charge in [0.1, 0.15) is 0 Å². The van der Waals surface area contributed by atoms with Crippen molar-refractivity contribution in [3.63, 3.8) is 0 Å². The van der Waals surface area contributed by atoms with Gasteiger partial charge in [-0.1, -0.05) is 43.0 Å². The van der Waals surface area contributed by atoms with Crippen LogP contribution in [-0.4, -0.2) is 38.0 Å². The second-order valence-corrected chi connectivity index (χ2v) is 6.57. The summed E-state index contributed by atoms with van der Waals surface area (Å²) in [6, 6.07) is 8.15. The Balaban J connectivity index is 0.00000312. The van der Waals surface area contributed by atoms with Crippen LogP contribution < -0.4 is 16.0 Å². The van der Waals surface area contributed by atoms with Gasteiger partial charge < -0.3 is 16.0 Å². The topological polar surface area (TPSA) is 65.5 Å². The number of carbonyl (C=O) groups is 1. The third-order valence-corrected chi connectivity index (χ3v) is 4.44. The highest BCUT2D eigenvalue weighted by Crippen LogP contribution is 2.17. The summed E-state index contributed by atoms with van der Waals surface area (Å²) in [5, 5.41) is 10.1. The van der Waals surface area contributed by atoms with E-state index in [1.54, 1.807) is 7.05 Å². The Morgan fingerprint density at radius 2 is 2.00 bits per heavy atom. The summed E-state index contributed by atoms with van der Waals surface area (Å²) in [4.78, 5) is 16.1. The fraction of sp³-hybridized carbons (Fsp3) is 0.556. The number of rotatable bonds is 6. The second kappa shape index (κ2) is 12.4. The Kier molecular flexibility index (Phi) is 10.9. The van der Waals surface area contributed by atoms with Gasteiger partial charge in [-0.3, -0.25) is 9.79 Å². The molecule has 25 heavy (non-hydrogen) atoms. The number of nitrogens with zero attached hydrogens (tertiary/aromatic N) is 1. The molecule has 3 N–H and O–H groups in total. The number of halogens is 2. The normalized spacial score (nSPS) is 15.2. The number of aliphatic imine (C=N–C) groups is 1. The van der Waals surface area contributed by atoms with E-state index >= 15 is 0 Å². The van der Waals surface area contributed by atoms with E-state index in [0.29, 0.717) is 12.0 Å². The van der Waals surface area contributed by atoms with Crippen LogP contribution in [0.3, 0.4) is 0 Å². The van der Waals surface area contributed by atoms with Crippen molar-refractivity contribution < 1.29 is 4.79 Å². The first-order valence-corrected chi connectivity index (χ1v) is 9.03. The Morgan fingerprint density at radius 1 is 1.24 bits per heavy atom. The molecule has 1 amide bonds. The van der Waals surface area contributed by atoms with E-state index in [9.17, 15) is 4.79 Å². The summed E-state index contributed by atoms with van der Waals surface area (Å²) >= 11 is 5.98. The van der Waals surface area contributed by atoms with Crippen LogP contribution in [0.4, 0.5) is 0 Å². The van der Waals surface area contributed by atoms with Gasteiger partial charge in [0.25, 0.3) is 0 Å². The average molecular weight is 479 g/mol. The first-order chi connectivity index (χ1) is 11.7. The molecule has 2 rings (SSSR count). The standard InChI is InChI=1S/C18H27ClN4O.HI/c1-20-18(21-11-10-14-6-5-7-15(19)12-14)22-13-17(24)23-16-8-3-2-4-9-16;/h5-7,12,16H,2-4,8-11,13H2,1H3,(H,23,24)(H2,20,21,22);1H. The zero-order valence-corrected chi connectivity index (χ0v) is 17.8. The number of guanidine groups is 1. The summed E-state index contributed by atoms with van der Waals surface area (Å²) in [6.07, 6.45) is 6.75. The molecule has 1 aliphatic rings. The molecular weight excluding hydrogens is 451 g/mol. The molecule has 140 valence electrons. The fourth-order valence-electron chi connectivity index (χ4n) is 2.93. The first-order valence-electron chi connectivity index (χ1n) is 8.65. The lowest BCUT2D eigenvalue weighted by Gasteiger charge is -2.23. The monoisotopic (exact) mass is 478 g/mol. The van der Waals surface area contributed by atoms with Gasteiger partial charge in [-0.25, -0.2) is 0 Å². The van der Waals surface area contributed by atoms with E-state index in [0.717, 1.165) is 30.8 Å². The molecule has 7 heteroatoms. The molecule has 1 fully saturated rings. The lowest BCUT2D eigenvalue weighted by atomic mass is 9.95. The summed E-state index contributed by atoms with van der Waals surface area (Å²) in [5.74, 6) is 0.663. The third-order valence-electron chi connectivity index (χ3n) is 4.21. The molecule has 0 radical (unpaired) electrons. The van der Waals surface area contributed by atoms with Gasteiger partial charge in [0.2, 0.25) is 5.91 Å². The predicted molar refractivity (Wildman–Crippen MR) is 115 cm³/mol. The summed E-state index contributed by atoms with van der Waals surface area (Å²) in [5.41, 5.74) is 1.17. The molecule has 0 bridgehead atoms. The minimum Gasteiger partial charge on any atom is -0.356 e. The molecule has 0 aliphatic heterocycles. The molecule has 1 aromatic carbocycles. The molecule has 0 aromatic heterocycles. The zero-order chi connectivity index (χ0) is 17.2. The van der Waals surface area contributed by atoms with Crippen molar-refractivity contribution in [2.45, 2.75) is 44.6 Å². The van der Waals surface area contributed by atoms with Gasteiger partial charge in [-0.2, -0.15) is 0 Å². The molecule has 0 heterocycles. The molecule has 1 aliphatic carbocycles. The molecule has 1 saturated carbocycles. The maximum atomic E-state index is 12.0. The first kappa shape index (κ1) is 22.0. The SMILES string of the molecule is CN=C(NCCc1cccc(Cl)c1)NCC(=O)NC1CCCCC1.I. The number of hydrogen-bond donors (Lipinski definition) is 3. The van der Waals surface area contributed by atoms with Crippen molar-refractivity contribution in [2.75, 3.05) is 20.1 Å². The highest BCUT2D eigenvalue weighted by Gasteiger charge is 2.15. The van der Waals surface area contributed by atoms with E-state index in [4.69, 9.17) is 11.6 Å². The van der Waals surface area contributed by atoms with Crippen LogP contribution in [0.15, 0.2) is 29.3 Å². The molecule has 5 nitrogen and oxygen atoms in total. The van der Waals surface area contributed by atoms with Crippen molar-refractivity contribution in [1.82, 2.24) is 16.0 Å². The van der Waals surface area contributed by atoms with Crippen LogP contribution in [0, 0.1) is 0 Å². The minimum atomic E-state index is 0. The van der Waals surface area contributed by atoms with Crippen LogP contribution in [0.1, 0.15) is 37.7 Å². The van der Waals surface area contributed by atoms with Crippen molar-refractivity contribution in [3.05, 3.63) is 34.9 Å². The fourth-order valence-corrected chi connectivity index (χ4v) is 3.14. The highest BCUT2D eigenvalue weighted by atomic mass is 127. The van der Waals surface area contributed by atoms with Crippen LogP contribution in [0.25, 0.3) is 0 Å². The largest absolute Gasteiger partial charge is 0.356 e. The van der Waals surface area contributed by atoms with Crippen LogP contribution in [-0.2, 0) is 11.2 Å². The molecule has 0 saturated heterocycles. The Labute approximate surface area is 172 Å². The van der Waals surface area contributed by atoms with E-state index in [1.165, 1.54) is 24.8 Å². The van der Waals surface area contributed by atoms with Gasteiger partial charge in [0.15, 0.2) is 5.96 Å². The number of nitrogens with one attached hydrogen (secondary N) is 3.